The van der Waals surface area contributed by atoms with E-state index in [0.29, 0.717) is 10.6 Å². The van der Waals surface area contributed by atoms with Crippen LogP contribution in [0.3, 0.4) is 0 Å². The summed E-state index contributed by atoms with van der Waals surface area (Å²) in [7, 11) is 0. The molecule has 2 N–H and O–H groups in total. The van der Waals surface area contributed by atoms with Crippen LogP contribution in [0.15, 0.2) is 18.2 Å². The van der Waals surface area contributed by atoms with Crippen molar-refractivity contribution in [2.75, 3.05) is 18.8 Å². The molecule has 0 saturated heterocycles. The molecule has 0 radical (unpaired) electrons. The summed E-state index contributed by atoms with van der Waals surface area (Å²) in [6.45, 7) is 7.82. The van der Waals surface area contributed by atoms with Crippen LogP contribution in [0, 0.1) is 6.92 Å². The van der Waals surface area contributed by atoms with Crippen molar-refractivity contribution in [2.45, 2.75) is 33.6 Å². The fourth-order valence-electron chi connectivity index (χ4n) is 2.44. The normalized spacial score (nSPS) is 10.9. The van der Waals surface area contributed by atoms with Gasteiger partial charge in [-0.25, -0.2) is 0 Å². The Bertz CT molecular complexity index is 612. The van der Waals surface area contributed by atoms with Gasteiger partial charge < -0.3 is 10.6 Å². The van der Waals surface area contributed by atoms with E-state index in [4.69, 9.17) is 5.73 Å². The average Bonchev–Trinajstić information content (AvgIpc) is 2.77. The zero-order chi connectivity index (χ0) is 14.7. The van der Waals surface area contributed by atoms with Gasteiger partial charge in [-0.3, -0.25) is 4.79 Å². The first kappa shape index (κ1) is 14.9. The number of carbonyl (C=O) groups is 1. The summed E-state index contributed by atoms with van der Waals surface area (Å²) in [6.07, 6.45) is 1.94. The first-order chi connectivity index (χ1) is 9.60. The lowest BCUT2D eigenvalue weighted by molar-refractivity contribution is 0.0761. The summed E-state index contributed by atoms with van der Waals surface area (Å²) in [4.78, 5) is 15.3. The minimum absolute atomic E-state index is 0.0757. The number of hydrogen-bond acceptors (Lipinski definition) is 3. The highest BCUT2D eigenvalue weighted by molar-refractivity contribution is 7.21. The number of nitrogen functional groups attached to an aromatic ring is 1. The van der Waals surface area contributed by atoms with Crippen LogP contribution in [0.5, 0.6) is 0 Å². The van der Waals surface area contributed by atoms with Crippen molar-refractivity contribution < 1.29 is 4.79 Å². The van der Waals surface area contributed by atoms with Gasteiger partial charge in [0.25, 0.3) is 5.91 Å². The maximum atomic E-state index is 12.7. The number of nitrogens with two attached hydrogens (primary N) is 1. The SMILES string of the molecule is CCCN(CCC)C(=O)c1sc2c(C)cccc2c1N. The fraction of sp³-hybridized carbons (Fsp3) is 0.438. The van der Waals surface area contributed by atoms with Crippen molar-refractivity contribution in [3.63, 3.8) is 0 Å². The van der Waals surface area contributed by atoms with E-state index in [9.17, 15) is 4.79 Å². The molecule has 0 aliphatic heterocycles. The zero-order valence-corrected chi connectivity index (χ0v) is 13.2. The Morgan fingerprint density at radius 2 is 1.90 bits per heavy atom. The molecule has 1 amide bonds. The van der Waals surface area contributed by atoms with Gasteiger partial charge in [-0.2, -0.15) is 0 Å². The number of carbonyl (C=O) groups excluding carboxylic acids is 1. The van der Waals surface area contributed by atoms with E-state index >= 15 is 0 Å². The van der Waals surface area contributed by atoms with Crippen LogP contribution in [0.25, 0.3) is 10.1 Å². The van der Waals surface area contributed by atoms with Gasteiger partial charge in [0.15, 0.2) is 0 Å². The lowest BCUT2D eigenvalue weighted by atomic mass is 10.1. The summed E-state index contributed by atoms with van der Waals surface area (Å²) in [5.41, 5.74) is 8.01. The molecule has 20 heavy (non-hydrogen) atoms. The molecule has 0 saturated carbocycles. The third kappa shape index (κ3) is 2.66. The Morgan fingerprint density at radius 3 is 2.45 bits per heavy atom. The molecule has 0 aliphatic carbocycles. The largest absolute Gasteiger partial charge is 0.397 e. The van der Waals surface area contributed by atoms with Crippen molar-refractivity contribution in [3.05, 3.63) is 28.6 Å². The quantitative estimate of drug-likeness (QED) is 0.902. The predicted molar refractivity (Wildman–Crippen MR) is 87.5 cm³/mol. The van der Waals surface area contributed by atoms with Crippen molar-refractivity contribution in [1.29, 1.82) is 0 Å². The minimum atomic E-state index is 0.0757. The van der Waals surface area contributed by atoms with Gasteiger partial charge in [-0.05, 0) is 25.3 Å². The molecule has 0 aliphatic rings. The van der Waals surface area contributed by atoms with Crippen LogP contribution in [0.1, 0.15) is 41.9 Å². The summed E-state index contributed by atoms with van der Waals surface area (Å²) in [5, 5.41) is 1.01. The maximum Gasteiger partial charge on any atom is 0.266 e. The molecule has 2 aromatic rings. The lowest BCUT2D eigenvalue weighted by Crippen LogP contribution is -2.32. The second-order valence-corrected chi connectivity index (χ2v) is 6.11. The number of fused-ring (bicyclic) bond motifs is 1. The molecule has 1 heterocycles. The number of amides is 1. The second kappa shape index (κ2) is 6.27. The maximum absolute atomic E-state index is 12.7. The van der Waals surface area contributed by atoms with Gasteiger partial charge >= 0.3 is 0 Å². The third-order valence-corrected chi connectivity index (χ3v) is 4.76. The highest BCUT2D eigenvalue weighted by atomic mass is 32.1. The topological polar surface area (TPSA) is 46.3 Å². The summed E-state index contributed by atoms with van der Waals surface area (Å²) in [5.74, 6) is 0.0757. The van der Waals surface area contributed by atoms with Gasteiger partial charge in [-0.15, -0.1) is 11.3 Å². The van der Waals surface area contributed by atoms with Gasteiger partial charge in [0.05, 0.1) is 5.69 Å². The van der Waals surface area contributed by atoms with Crippen LogP contribution in [0.4, 0.5) is 5.69 Å². The molecule has 0 atom stereocenters. The standard InChI is InChI=1S/C16H22N2OS/c1-4-9-18(10-5-2)16(19)15-13(17)12-8-6-7-11(3)14(12)20-15/h6-8H,4-5,9-10,17H2,1-3H3. The molecule has 2 rings (SSSR count). The average molecular weight is 290 g/mol. The van der Waals surface area contributed by atoms with E-state index in [-0.39, 0.29) is 5.91 Å². The van der Waals surface area contributed by atoms with E-state index in [0.717, 1.165) is 36.0 Å². The van der Waals surface area contributed by atoms with E-state index in [2.05, 4.69) is 26.8 Å². The Morgan fingerprint density at radius 1 is 1.25 bits per heavy atom. The van der Waals surface area contributed by atoms with E-state index in [1.165, 1.54) is 16.9 Å². The monoisotopic (exact) mass is 290 g/mol. The molecule has 0 fully saturated rings. The van der Waals surface area contributed by atoms with E-state index in [1.807, 2.05) is 17.0 Å². The molecule has 4 heteroatoms. The number of rotatable bonds is 5. The highest BCUT2D eigenvalue weighted by Crippen LogP contribution is 2.36. The molecule has 0 spiro atoms. The van der Waals surface area contributed by atoms with Crippen molar-refractivity contribution in [2.24, 2.45) is 0 Å². The number of aryl methyl sites for hydroxylation is 1. The van der Waals surface area contributed by atoms with Crippen LogP contribution in [0.2, 0.25) is 0 Å². The second-order valence-electron chi connectivity index (χ2n) is 5.09. The van der Waals surface area contributed by atoms with Gasteiger partial charge in [0.1, 0.15) is 4.88 Å². The Kier molecular flexibility index (Phi) is 4.65. The number of anilines is 1. The van der Waals surface area contributed by atoms with Crippen LogP contribution >= 0.6 is 11.3 Å². The first-order valence-corrected chi connectivity index (χ1v) is 7.98. The number of benzene rings is 1. The van der Waals surface area contributed by atoms with Crippen molar-refractivity contribution >= 4 is 33.0 Å². The van der Waals surface area contributed by atoms with Crippen LogP contribution in [-0.4, -0.2) is 23.9 Å². The zero-order valence-electron chi connectivity index (χ0n) is 12.4. The summed E-state index contributed by atoms with van der Waals surface area (Å²) < 4.78 is 1.13. The molecule has 1 aromatic heterocycles. The molecule has 1 aromatic carbocycles. The molecular formula is C16H22N2OS. The molecule has 3 nitrogen and oxygen atoms in total. The van der Waals surface area contributed by atoms with Gasteiger partial charge in [0.2, 0.25) is 0 Å². The number of thiophene rings is 1. The number of hydrogen-bond donors (Lipinski definition) is 1. The molecule has 0 unspecified atom stereocenters. The Labute approximate surface area is 124 Å². The fourth-order valence-corrected chi connectivity index (χ4v) is 3.59. The first-order valence-electron chi connectivity index (χ1n) is 7.17. The minimum Gasteiger partial charge on any atom is -0.397 e. The molecule has 0 bridgehead atoms. The highest BCUT2D eigenvalue weighted by Gasteiger charge is 2.21. The summed E-state index contributed by atoms with van der Waals surface area (Å²) in [6, 6.07) is 6.04. The predicted octanol–water partition coefficient (Wildman–Crippen LogP) is 4.05. The summed E-state index contributed by atoms with van der Waals surface area (Å²) >= 11 is 1.52. The lowest BCUT2D eigenvalue weighted by Gasteiger charge is -2.20. The molecule has 108 valence electrons. The van der Waals surface area contributed by atoms with Crippen molar-refractivity contribution in [3.8, 4) is 0 Å². The Balaban J connectivity index is 2.43. The van der Waals surface area contributed by atoms with Gasteiger partial charge in [-0.1, -0.05) is 32.0 Å². The van der Waals surface area contributed by atoms with E-state index in [1.54, 1.807) is 0 Å². The number of nitrogens with zero attached hydrogens (tertiary/aromatic N) is 1. The Hall–Kier alpha value is -1.55. The van der Waals surface area contributed by atoms with Crippen LogP contribution < -0.4 is 5.73 Å². The van der Waals surface area contributed by atoms with Crippen LogP contribution in [-0.2, 0) is 0 Å². The third-order valence-electron chi connectivity index (χ3n) is 3.42. The smallest absolute Gasteiger partial charge is 0.266 e. The molecular weight excluding hydrogens is 268 g/mol. The van der Waals surface area contributed by atoms with E-state index < -0.39 is 0 Å². The van der Waals surface area contributed by atoms with Gasteiger partial charge in [0, 0.05) is 23.2 Å². The van der Waals surface area contributed by atoms with Crippen molar-refractivity contribution in [1.82, 2.24) is 4.90 Å².